The van der Waals surface area contributed by atoms with Crippen LogP contribution < -0.4 is 4.57 Å². The summed E-state index contributed by atoms with van der Waals surface area (Å²) in [5.41, 5.74) is 0. The molecule has 0 unspecified atom stereocenters. The summed E-state index contributed by atoms with van der Waals surface area (Å²) in [5.74, 6) is 1.60. The summed E-state index contributed by atoms with van der Waals surface area (Å²) in [6, 6.07) is 0. The summed E-state index contributed by atoms with van der Waals surface area (Å²) in [6.07, 6.45) is 57.9. The van der Waals surface area contributed by atoms with Gasteiger partial charge in [-0.3, -0.25) is 0 Å². The maximum absolute atomic E-state index is 2.61. The third kappa shape index (κ3) is 28.7. The largest absolute Gasteiger partial charge is 0.256 e. The summed E-state index contributed by atoms with van der Waals surface area (Å²) in [4.78, 5) is 0. The Morgan fingerprint density at radius 1 is 0.362 bits per heavy atom. The number of hydrogen-bond donors (Lipinski definition) is 0. The summed E-state index contributed by atoms with van der Waals surface area (Å²) >= 11 is 0. The van der Waals surface area contributed by atoms with Gasteiger partial charge in [0.25, 0.3) is 5.82 Å². The molecule has 278 valence electrons. The molecule has 1 aromatic heterocycles. The Bertz CT molecular complexity index is 666. The van der Waals surface area contributed by atoms with Crippen LogP contribution in [0.4, 0.5) is 0 Å². The third-order valence-corrected chi connectivity index (χ3v) is 10.8. The molecule has 0 aliphatic heterocycles. The van der Waals surface area contributed by atoms with Crippen molar-refractivity contribution in [3.8, 4) is 0 Å². The third-order valence-electron chi connectivity index (χ3n) is 10.8. The molecule has 2 nitrogen and oxygen atoms in total. The highest BCUT2D eigenvalue weighted by Crippen LogP contribution is 2.16. The van der Waals surface area contributed by atoms with Gasteiger partial charge in [-0.2, -0.15) is 0 Å². The van der Waals surface area contributed by atoms with Gasteiger partial charge in [-0.1, -0.05) is 220 Å². The summed E-state index contributed by atoms with van der Waals surface area (Å²) in [6.45, 7) is 9.41. The zero-order chi connectivity index (χ0) is 33.7. The van der Waals surface area contributed by atoms with Crippen molar-refractivity contribution in [2.24, 2.45) is 0 Å². The maximum atomic E-state index is 2.61. The molecular weight excluding hydrogens is 569 g/mol. The second-order valence-corrected chi connectivity index (χ2v) is 15.5. The van der Waals surface area contributed by atoms with E-state index in [0.717, 1.165) is 0 Å². The molecule has 2 heteroatoms. The number of nitrogens with zero attached hydrogens (tertiary/aromatic N) is 2. The molecule has 0 aliphatic rings. The van der Waals surface area contributed by atoms with Crippen LogP contribution >= 0.6 is 0 Å². The predicted molar refractivity (Wildman–Crippen MR) is 212 cm³/mol. The molecule has 1 rings (SSSR count). The van der Waals surface area contributed by atoms with Crippen LogP contribution in [0.2, 0.25) is 0 Å². The zero-order valence-corrected chi connectivity index (χ0v) is 33.1. The van der Waals surface area contributed by atoms with Gasteiger partial charge in [-0.25, -0.2) is 9.13 Å². The van der Waals surface area contributed by atoms with Gasteiger partial charge in [0.05, 0.1) is 13.1 Å². The van der Waals surface area contributed by atoms with Crippen molar-refractivity contribution in [1.82, 2.24) is 4.57 Å². The fourth-order valence-electron chi connectivity index (χ4n) is 7.54. The van der Waals surface area contributed by atoms with Crippen molar-refractivity contribution in [1.29, 1.82) is 0 Å². The van der Waals surface area contributed by atoms with Crippen molar-refractivity contribution < 1.29 is 4.57 Å². The molecule has 0 bridgehead atoms. The number of hydrogen-bond acceptors (Lipinski definition) is 0. The van der Waals surface area contributed by atoms with Crippen molar-refractivity contribution >= 4 is 0 Å². The molecule has 0 amide bonds. The molecule has 0 aromatic carbocycles. The highest BCUT2D eigenvalue weighted by molar-refractivity contribution is 4.84. The van der Waals surface area contributed by atoms with Crippen LogP contribution in [0.15, 0.2) is 12.4 Å². The number of unbranched alkanes of at least 4 members (excludes halogenated alkanes) is 33. The Kier molecular flexibility index (Phi) is 34.3. The fourth-order valence-corrected chi connectivity index (χ4v) is 7.54. The van der Waals surface area contributed by atoms with E-state index in [2.05, 4.69) is 42.3 Å². The summed E-state index contributed by atoms with van der Waals surface area (Å²) < 4.78 is 5.21. The van der Waals surface area contributed by atoms with Gasteiger partial charge in [0.2, 0.25) is 0 Å². The maximum Gasteiger partial charge on any atom is 0.256 e. The van der Waals surface area contributed by atoms with Crippen LogP contribution in [-0.4, -0.2) is 4.57 Å². The van der Waals surface area contributed by atoms with Gasteiger partial charge in [0.15, 0.2) is 0 Å². The first-order valence-corrected chi connectivity index (χ1v) is 22.4. The second-order valence-electron chi connectivity index (χ2n) is 15.5. The highest BCUT2D eigenvalue weighted by Gasteiger charge is 2.16. The Morgan fingerprint density at radius 3 is 1.00 bits per heavy atom. The normalized spacial score (nSPS) is 11.6. The monoisotopic (exact) mass is 658 g/mol. The van der Waals surface area contributed by atoms with Crippen molar-refractivity contribution in [3.05, 3.63) is 18.2 Å². The lowest BCUT2D eigenvalue weighted by Crippen LogP contribution is -2.37. The molecule has 0 radical (unpaired) electrons. The number of aromatic nitrogens is 2. The standard InChI is InChI=1S/C45H89N2/c1-4-7-10-12-14-16-18-20-22-24-26-28-30-32-34-36-38-41-46-43-44-47(45(46)40-9-6-3)42-39-37-35-33-31-29-27-25-23-21-19-17-15-13-11-8-5-2/h43-44H,4-42H2,1-3H3/q+1. The number of aryl methyl sites for hydroxylation is 2. The van der Waals surface area contributed by atoms with Gasteiger partial charge in [0, 0.05) is 6.42 Å². The quantitative estimate of drug-likeness (QED) is 0.0492. The molecule has 1 heterocycles. The van der Waals surface area contributed by atoms with Gasteiger partial charge < -0.3 is 0 Å². The van der Waals surface area contributed by atoms with Crippen molar-refractivity contribution in [2.45, 2.75) is 271 Å². The van der Waals surface area contributed by atoms with Gasteiger partial charge >= 0.3 is 0 Å². The van der Waals surface area contributed by atoms with Crippen LogP contribution in [0.1, 0.15) is 258 Å². The molecule has 0 N–H and O–H groups in total. The van der Waals surface area contributed by atoms with Crippen LogP contribution in [0.25, 0.3) is 0 Å². The fraction of sp³-hybridized carbons (Fsp3) is 0.933. The Balaban J connectivity index is 1.99. The first-order chi connectivity index (χ1) is 23.3. The van der Waals surface area contributed by atoms with Crippen LogP contribution in [0.5, 0.6) is 0 Å². The van der Waals surface area contributed by atoms with E-state index in [1.165, 1.54) is 251 Å². The highest BCUT2D eigenvalue weighted by atomic mass is 15.1. The Hall–Kier alpha value is -0.790. The predicted octanol–water partition coefficient (Wildman–Crippen LogP) is 15.4. The van der Waals surface area contributed by atoms with Crippen molar-refractivity contribution in [3.63, 3.8) is 0 Å². The van der Waals surface area contributed by atoms with E-state index in [-0.39, 0.29) is 0 Å². The van der Waals surface area contributed by atoms with Gasteiger partial charge in [-0.05, 0) is 32.1 Å². The van der Waals surface area contributed by atoms with E-state index in [0.29, 0.717) is 0 Å². The summed E-state index contributed by atoms with van der Waals surface area (Å²) in [5, 5.41) is 0. The average molecular weight is 658 g/mol. The number of imidazole rings is 1. The second kappa shape index (κ2) is 36.5. The van der Waals surface area contributed by atoms with E-state index < -0.39 is 0 Å². The first-order valence-electron chi connectivity index (χ1n) is 22.4. The number of rotatable bonds is 39. The van der Waals surface area contributed by atoms with E-state index >= 15 is 0 Å². The zero-order valence-electron chi connectivity index (χ0n) is 33.1. The Labute approximate surface area is 298 Å². The van der Waals surface area contributed by atoms with Crippen molar-refractivity contribution in [2.75, 3.05) is 0 Å². The molecule has 1 aromatic rings. The molecule has 47 heavy (non-hydrogen) atoms. The van der Waals surface area contributed by atoms with Crippen LogP contribution in [0, 0.1) is 0 Å². The molecule has 0 saturated heterocycles. The molecular formula is C45H89N2+. The molecule has 0 saturated carbocycles. The minimum absolute atomic E-state index is 1.23. The summed E-state index contributed by atoms with van der Waals surface area (Å²) in [7, 11) is 0. The topological polar surface area (TPSA) is 8.81 Å². The SMILES string of the molecule is CCCCCCCCCCCCCCCCCCCn1cc[n+](CCCCCCCCCCCCCCCCCCC)c1CCCC. The molecule has 0 fully saturated rings. The van der Waals surface area contributed by atoms with E-state index in [1.807, 2.05) is 0 Å². The minimum atomic E-state index is 1.23. The van der Waals surface area contributed by atoms with Crippen LogP contribution in [-0.2, 0) is 19.5 Å². The lowest BCUT2D eigenvalue weighted by Gasteiger charge is -2.06. The van der Waals surface area contributed by atoms with Crippen LogP contribution in [0.3, 0.4) is 0 Å². The van der Waals surface area contributed by atoms with E-state index in [4.69, 9.17) is 0 Å². The average Bonchev–Trinajstić information content (AvgIpc) is 3.47. The van der Waals surface area contributed by atoms with Gasteiger partial charge in [-0.15, -0.1) is 0 Å². The van der Waals surface area contributed by atoms with E-state index in [1.54, 1.807) is 5.82 Å². The Morgan fingerprint density at radius 2 is 0.660 bits per heavy atom. The van der Waals surface area contributed by atoms with E-state index in [9.17, 15) is 0 Å². The lowest BCUT2D eigenvalue weighted by atomic mass is 10.0. The first kappa shape index (κ1) is 44.2. The molecule has 0 spiro atoms. The van der Waals surface area contributed by atoms with Gasteiger partial charge in [0.1, 0.15) is 12.4 Å². The lowest BCUT2D eigenvalue weighted by molar-refractivity contribution is -0.704. The smallest absolute Gasteiger partial charge is 0.234 e. The molecule has 0 atom stereocenters. The molecule has 0 aliphatic carbocycles. The minimum Gasteiger partial charge on any atom is -0.234 e.